The first-order chi connectivity index (χ1) is 6.63. The zero-order valence-electron chi connectivity index (χ0n) is 7.73. The number of amides is 1. The highest BCUT2D eigenvalue weighted by atomic mass is 16.4. The molecule has 2 N–H and O–H groups in total. The van der Waals surface area contributed by atoms with Crippen molar-refractivity contribution in [2.24, 2.45) is 0 Å². The van der Waals surface area contributed by atoms with E-state index >= 15 is 0 Å². The van der Waals surface area contributed by atoms with Crippen LogP contribution in [0.5, 0.6) is 0 Å². The smallest absolute Gasteiger partial charge is 0.356 e. The van der Waals surface area contributed by atoms with Crippen molar-refractivity contribution in [2.75, 3.05) is 7.05 Å². The van der Waals surface area contributed by atoms with Crippen LogP contribution in [0, 0.1) is 0 Å². The fourth-order valence-electron chi connectivity index (χ4n) is 0.941. The van der Waals surface area contributed by atoms with Gasteiger partial charge in [0.15, 0.2) is 5.69 Å². The molecule has 1 rings (SSSR count). The van der Waals surface area contributed by atoms with E-state index in [-0.39, 0.29) is 18.0 Å². The molecule has 76 valence electrons. The Hall–Kier alpha value is -1.85. The molecule has 14 heavy (non-hydrogen) atoms. The number of rotatable bonds is 4. The maximum Gasteiger partial charge on any atom is 0.356 e. The number of carbonyl (C=O) groups is 2. The summed E-state index contributed by atoms with van der Waals surface area (Å²) in [6, 6.07) is 1.40. The molecule has 0 radical (unpaired) electrons. The topological polar surface area (TPSA) is 84.2 Å². The first-order valence-electron chi connectivity index (χ1n) is 4.11. The predicted molar refractivity (Wildman–Crippen MR) is 47.9 cm³/mol. The minimum absolute atomic E-state index is 0.0121. The number of hydrogen-bond acceptors (Lipinski definition) is 3. The molecule has 0 spiro atoms. The first kappa shape index (κ1) is 10.2. The Bertz CT molecular complexity index is 345. The molecule has 0 aromatic carbocycles. The minimum Gasteiger partial charge on any atom is -0.476 e. The van der Waals surface area contributed by atoms with E-state index in [4.69, 9.17) is 5.11 Å². The van der Waals surface area contributed by atoms with E-state index in [1.165, 1.54) is 16.9 Å². The van der Waals surface area contributed by atoms with Crippen molar-refractivity contribution in [1.82, 2.24) is 15.1 Å². The highest BCUT2D eigenvalue weighted by Gasteiger charge is 2.06. The third-order valence-corrected chi connectivity index (χ3v) is 1.71. The van der Waals surface area contributed by atoms with Crippen molar-refractivity contribution in [2.45, 2.75) is 13.0 Å². The van der Waals surface area contributed by atoms with E-state index < -0.39 is 5.97 Å². The molecule has 0 saturated carbocycles. The van der Waals surface area contributed by atoms with Crippen LogP contribution in [0.25, 0.3) is 0 Å². The van der Waals surface area contributed by atoms with E-state index in [1.807, 2.05) is 0 Å². The van der Waals surface area contributed by atoms with Gasteiger partial charge in [-0.05, 0) is 6.07 Å². The summed E-state index contributed by atoms with van der Waals surface area (Å²) >= 11 is 0. The third kappa shape index (κ3) is 2.58. The lowest BCUT2D eigenvalue weighted by atomic mass is 10.4. The van der Waals surface area contributed by atoms with Crippen LogP contribution in [0.2, 0.25) is 0 Å². The van der Waals surface area contributed by atoms with Crippen molar-refractivity contribution in [3.05, 3.63) is 18.0 Å². The second kappa shape index (κ2) is 4.40. The number of carboxylic acids is 1. The number of aromatic nitrogens is 2. The molecular weight excluding hydrogens is 186 g/mol. The number of carboxylic acid groups (broad SMARTS) is 1. The van der Waals surface area contributed by atoms with E-state index in [0.717, 1.165) is 0 Å². The van der Waals surface area contributed by atoms with Crippen molar-refractivity contribution in [3.8, 4) is 0 Å². The van der Waals surface area contributed by atoms with Gasteiger partial charge in [-0.25, -0.2) is 4.79 Å². The Morgan fingerprint density at radius 1 is 1.64 bits per heavy atom. The summed E-state index contributed by atoms with van der Waals surface area (Å²) < 4.78 is 1.43. The molecule has 1 aromatic rings. The highest BCUT2D eigenvalue weighted by molar-refractivity contribution is 5.85. The lowest BCUT2D eigenvalue weighted by Crippen LogP contribution is -2.19. The molecule has 1 amide bonds. The molecular formula is C8H11N3O3. The third-order valence-electron chi connectivity index (χ3n) is 1.71. The second-order valence-electron chi connectivity index (χ2n) is 2.69. The molecule has 0 aliphatic heterocycles. The van der Waals surface area contributed by atoms with E-state index in [1.54, 1.807) is 7.05 Å². The zero-order chi connectivity index (χ0) is 10.6. The molecule has 0 fully saturated rings. The zero-order valence-corrected chi connectivity index (χ0v) is 7.73. The Labute approximate surface area is 80.5 Å². The maximum absolute atomic E-state index is 10.9. The van der Waals surface area contributed by atoms with Crippen molar-refractivity contribution in [1.29, 1.82) is 0 Å². The molecule has 6 heteroatoms. The van der Waals surface area contributed by atoms with Gasteiger partial charge in [-0.2, -0.15) is 5.10 Å². The van der Waals surface area contributed by atoms with Gasteiger partial charge in [-0.1, -0.05) is 0 Å². The average Bonchev–Trinajstić information content (AvgIpc) is 2.62. The van der Waals surface area contributed by atoms with Crippen LogP contribution in [0.1, 0.15) is 16.9 Å². The van der Waals surface area contributed by atoms with Crippen LogP contribution in [0.3, 0.4) is 0 Å². The summed E-state index contributed by atoms with van der Waals surface area (Å²) in [5.41, 5.74) is -0.0121. The first-order valence-corrected chi connectivity index (χ1v) is 4.11. The second-order valence-corrected chi connectivity index (χ2v) is 2.69. The summed E-state index contributed by atoms with van der Waals surface area (Å²) in [5.74, 6) is -1.17. The number of hydrogen-bond donors (Lipinski definition) is 2. The summed E-state index contributed by atoms with van der Waals surface area (Å²) in [6.45, 7) is 0.382. The summed E-state index contributed by atoms with van der Waals surface area (Å²) in [4.78, 5) is 21.3. The molecule has 0 unspecified atom stereocenters. The van der Waals surface area contributed by atoms with Crippen LogP contribution in [0.4, 0.5) is 0 Å². The lowest BCUT2D eigenvalue weighted by molar-refractivity contribution is -0.120. The monoisotopic (exact) mass is 197 g/mol. The van der Waals surface area contributed by atoms with Crippen molar-refractivity contribution >= 4 is 11.9 Å². The molecule has 1 heterocycles. The quantitative estimate of drug-likeness (QED) is 0.695. The van der Waals surface area contributed by atoms with Gasteiger partial charge in [0.05, 0.1) is 0 Å². The number of nitrogens with zero attached hydrogens (tertiary/aromatic N) is 2. The van der Waals surface area contributed by atoms with Gasteiger partial charge in [-0.3, -0.25) is 9.48 Å². The van der Waals surface area contributed by atoms with Crippen LogP contribution in [0.15, 0.2) is 12.3 Å². The number of aromatic carboxylic acids is 1. The summed E-state index contributed by atoms with van der Waals surface area (Å²) in [7, 11) is 1.55. The van der Waals surface area contributed by atoms with Gasteiger partial charge in [0.25, 0.3) is 0 Å². The number of aryl methyl sites for hydroxylation is 1. The molecule has 0 saturated heterocycles. The van der Waals surface area contributed by atoms with E-state index in [9.17, 15) is 9.59 Å². The molecule has 0 bridgehead atoms. The van der Waals surface area contributed by atoms with Gasteiger partial charge < -0.3 is 10.4 Å². The number of carbonyl (C=O) groups excluding carboxylic acids is 1. The summed E-state index contributed by atoms with van der Waals surface area (Å²) in [6.07, 6.45) is 1.82. The van der Waals surface area contributed by atoms with E-state index in [0.29, 0.717) is 6.54 Å². The Morgan fingerprint density at radius 2 is 2.36 bits per heavy atom. The SMILES string of the molecule is CNC(=O)CCn1ccc(C(=O)O)n1. The minimum atomic E-state index is -1.07. The van der Waals surface area contributed by atoms with Crippen molar-refractivity contribution in [3.63, 3.8) is 0 Å². The molecule has 0 aliphatic rings. The van der Waals surface area contributed by atoms with Crippen molar-refractivity contribution < 1.29 is 14.7 Å². The Morgan fingerprint density at radius 3 is 2.86 bits per heavy atom. The van der Waals surface area contributed by atoms with Gasteiger partial charge in [0.1, 0.15) is 0 Å². The Balaban J connectivity index is 2.52. The highest BCUT2D eigenvalue weighted by Crippen LogP contribution is 1.96. The van der Waals surface area contributed by atoms with Crippen LogP contribution >= 0.6 is 0 Å². The largest absolute Gasteiger partial charge is 0.476 e. The molecule has 0 atom stereocenters. The standard InChI is InChI=1S/C8H11N3O3/c1-9-7(12)3-5-11-4-2-6(10-11)8(13)14/h2,4H,3,5H2,1H3,(H,9,12)(H,13,14). The fraction of sp³-hybridized carbons (Fsp3) is 0.375. The Kier molecular flexibility index (Phi) is 3.22. The van der Waals surface area contributed by atoms with Gasteiger partial charge in [-0.15, -0.1) is 0 Å². The molecule has 1 aromatic heterocycles. The van der Waals surface area contributed by atoms with E-state index in [2.05, 4.69) is 10.4 Å². The maximum atomic E-state index is 10.9. The van der Waals surface area contributed by atoms with Gasteiger partial charge >= 0.3 is 5.97 Å². The summed E-state index contributed by atoms with van der Waals surface area (Å²) in [5, 5.41) is 14.8. The molecule has 0 aliphatic carbocycles. The van der Waals surface area contributed by atoms with Gasteiger partial charge in [0, 0.05) is 26.2 Å². The lowest BCUT2D eigenvalue weighted by Gasteiger charge is -1.99. The normalized spacial score (nSPS) is 9.79. The fourth-order valence-corrected chi connectivity index (χ4v) is 0.941. The predicted octanol–water partition coefficient (Wildman–Crippen LogP) is -0.283. The van der Waals surface area contributed by atoms with Crippen LogP contribution in [-0.4, -0.2) is 33.8 Å². The van der Waals surface area contributed by atoms with Crippen LogP contribution in [-0.2, 0) is 11.3 Å². The average molecular weight is 197 g/mol. The molecule has 6 nitrogen and oxygen atoms in total. The number of nitrogens with one attached hydrogen (secondary N) is 1. The van der Waals surface area contributed by atoms with Gasteiger partial charge in [0.2, 0.25) is 5.91 Å². The van der Waals surface area contributed by atoms with Crippen LogP contribution < -0.4 is 5.32 Å².